The maximum Gasteiger partial charge on any atom is 0.352 e. The number of alkyl halides is 1. The number of anilines is 1. The third-order valence-electron chi connectivity index (χ3n) is 6.67. The highest BCUT2D eigenvalue weighted by atomic mass is 32.2. The van der Waals surface area contributed by atoms with Gasteiger partial charge in [-0.25, -0.2) is 9.18 Å². The number of aliphatic hydroxyl groups excluding tert-OH is 2. The van der Waals surface area contributed by atoms with Crippen molar-refractivity contribution in [3.63, 3.8) is 0 Å². The van der Waals surface area contributed by atoms with Crippen LogP contribution < -0.4 is 11.1 Å². The predicted octanol–water partition coefficient (Wildman–Crippen LogP) is -1.37. The first kappa shape index (κ1) is 27.9. The summed E-state index contributed by atoms with van der Waals surface area (Å²) in [4.78, 5) is 47.2. The number of rotatable bonds is 10. The molecule has 5 atom stereocenters. The Hall–Kier alpha value is -3.12. The van der Waals surface area contributed by atoms with Gasteiger partial charge in [0.1, 0.15) is 35.8 Å². The maximum absolute atomic E-state index is 13.0. The Morgan fingerprint density at radius 1 is 1.45 bits per heavy atom. The van der Waals surface area contributed by atoms with Gasteiger partial charge in [-0.2, -0.15) is 9.36 Å². The quantitative estimate of drug-likeness (QED) is 0.0959. The van der Waals surface area contributed by atoms with Crippen LogP contribution in [0.5, 0.6) is 0 Å². The number of hydrogen-bond acceptors (Lipinski definition) is 12. The zero-order valence-electron chi connectivity index (χ0n) is 20.2. The maximum atomic E-state index is 13.0. The van der Waals surface area contributed by atoms with E-state index in [2.05, 4.69) is 24.7 Å². The average Bonchev–Trinajstić information content (AvgIpc) is 3.43. The number of thioether (sulfide) groups is 1. The van der Waals surface area contributed by atoms with Gasteiger partial charge in [-0.15, -0.1) is 11.8 Å². The van der Waals surface area contributed by atoms with Crippen molar-refractivity contribution in [2.45, 2.75) is 30.0 Å². The van der Waals surface area contributed by atoms with Gasteiger partial charge in [0.15, 0.2) is 5.13 Å². The van der Waals surface area contributed by atoms with Crippen LogP contribution in [0.1, 0.15) is 12.2 Å². The molecule has 0 spiro atoms. The number of allylic oxidation sites excluding steroid dienone is 1. The lowest BCUT2D eigenvalue weighted by atomic mass is 10.0. The Balaban J connectivity index is 1.48. The fourth-order valence-corrected chi connectivity index (χ4v) is 6.54. The number of nitrogen functional groups attached to an aromatic ring is 1. The molecule has 17 heteroatoms. The standard InChI is InChI=1S/C21H26FN7O7S2/c1-29(6-12(31)5-11(29)7-30)4-2-3-10-8-37-19-14(18(33)28(19)15(10)20(34)35)24-17(32)13(26-36-9-22)16-25-21(23)38-27-16/h2-3,11-12,14,19,30-31H,4-9H2,1H3,(H3-,23,24,25,27,32,34,35)/p+1/b3-2+,26-13-/t11-,12-,14-,19+,29?/m1/s1. The number of amides is 2. The molecule has 38 heavy (non-hydrogen) atoms. The van der Waals surface area contributed by atoms with Crippen LogP contribution in [0.3, 0.4) is 0 Å². The summed E-state index contributed by atoms with van der Waals surface area (Å²) in [5.41, 5.74) is 5.29. The van der Waals surface area contributed by atoms with Gasteiger partial charge in [0, 0.05) is 23.7 Å². The number of carboxylic acids is 1. The van der Waals surface area contributed by atoms with E-state index in [0.29, 0.717) is 29.6 Å². The number of oxime groups is 1. The number of carbonyl (C=O) groups excluding carboxylic acids is 2. The molecule has 3 aliphatic rings. The van der Waals surface area contributed by atoms with Gasteiger partial charge >= 0.3 is 5.97 Å². The lowest BCUT2D eigenvalue weighted by Crippen LogP contribution is -2.71. The van der Waals surface area contributed by atoms with Crippen LogP contribution in [-0.4, -0.2) is 120 Å². The summed E-state index contributed by atoms with van der Waals surface area (Å²) in [6.07, 6.45) is 3.39. The van der Waals surface area contributed by atoms with Gasteiger partial charge in [-0.3, -0.25) is 14.5 Å². The second kappa shape index (κ2) is 11.3. The van der Waals surface area contributed by atoms with Crippen LogP contribution in [0.15, 0.2) is 28.6 Å². The van der Waals surface area contributed by atoms with Gasteiger partial charge in [0.2, 0.25) is 11.5 Å². The smallest absolute Gasteiger partial charge is 0.352 e. The molecule has 206 valence electrons. The SMILES string of the molecule is C[N+]1(C/C=C/C2=C(C(=O)O)N3C(=O)[C@@H](NC(=O)/C(=N\OCF)c4nsc(N)n4)[C@@H]3SC2)C[C@H](O)C[C@@H]1CO. The highest BCUT2D eigenvalue weighted by molar-refractivity contribution is 8.00. The summed E-state index contributed by atoms with van der Waals surface area (Å²) in [5.74, 6) is -2.80. The molecule has 1 unspecified atom stereocenters. The van der Waals surface area contributed by atoms with Crippen LogP contribution in [0.2, 0.25) is 0 Å². The Morgan fingerprint density at radius 3 is 2.84 bits per heavy atom. The molecule has 0 saturated carbocycles. The number of aromatic nitrogens is 2. The van der Waals surface area contributed by atoms with E-state index >= 15 is 0 Å². The molecule has 0 radical (unpaired) electrons. The number of aliphatic carboxylic acids is 1. The molecule has 0 bridgehead atoms. The largest absolute Gasteiger partial charge is 0.477 e. The molecule has 3 aliphatic heterocycles. The van der Waals surface area contributed by atoms with Crippen molar-refractivity contribution in [1.29, 1.82) is 0 Å². The highest BCUT2D eigenvalue weighted by Gasteiger charge is 2.54. The lowest BCUT2D eigenvalue weighted by molar-refractivity contribution is -0.917. The fraction of sp³-hybridized carbons (Fsp3) is 0.524. The number of halogens is 1. The molecular weight excluding hydrogens is 545 g/mol. The van der Waals surface area contributed by atoms with Gasteiger partial charge in [-0.05, 0) is 11.6 Å². The third-order valence-corrected chi connectivity index (χ3v) is 8.51. The topological polar surface area (TPSA) is 201 Å². The molecule has 6 N–H and O–H groups in total. The number of aliphatic hydroxyl groups is 2. The zero-order chi connectivity index (χ0) is 27.6. The number of β-lactam (4-membered cyclic amide) rings is 1. The Kier molecular flexibility index (Phi) is 8.31. The van der Waals surface area contributed by atoms with E-state index in [1.54, 1.807) is 12.2 Å². The molecule has 14 nitrogen and oxygen atoms in total. The van der Waals surface area contributed by atoms with E-state index < -0.39 is 47.9 Å². The number of hydrogen-bond donors (Lipinski definition) is 5. The fourth-order valence-electron chi connectivity index (χ4n) is 4.79. The summed E-state index contributed by atoms with van der Waals surface area (Å²) in [6.45, 7) is -0.464. The minimum absolute atomic E-state index is 0.0371. The Morgan fingerprint density at radius 2 is 2.21 bits per heavy atom. The van der Waals surface area contributed by atoms with E-state index in [0.717, 1.165) is 16.4 Å². The molecule has 2 amide bonds. The van der Waals surface area contributed by atoms with Crippen molar-refractivity contribution in [3.8, 4) is 0 Å². The van der Waals surface area contributed by atoms with Crippen LogP contribution in [-0.2, 0) is 19.2 Å². The molecule has 0 aliphatic carbocycles. The second-order valence-corrected chi connectivity index (χ2v) is 11.0. The lowest BCUT2D eigenvalue weighted by Gasteiger charge is -2.49. The van der Waals surface area contributed by atoms with E-state index in [-0.39, 0.29) is 35.1 Å². The molecule has 2 fully saturated rings. The third kappa shape index (κ3) is 5.37. The predicted molar refractivity (Wildman–Crippen MR) is 134 cm³/mol. The summed E-state index contributed by atoms with van der Waals surface area (Å²) < 4.78 is 16.8. The van der Waals surface area contributed by atoms with Gasteiger partial charge in [-0.1, -0.05) is 11.2 Å². The number of quaternary nitrogens is 1. The zero-order valence-corrected chi connectivity index (χ0v) is 21.8. The van der Waals surface area contributed by atoms with E-state index in [1.807, 2.05) is 7.05 Å². The number of carboxylic acid groups (broad SMARTS) is 1. The van der Waals surface area contributed by atoms with Crippen molar-refractivity contribution in [3.05, 3.63) is 29.2 Å². The summed E-state index contributed by atoms with van der Waals surface area (Å²) >= 11 is 2.05. The molecule has 1 aromatic rings. The first-order chi connectivity index (χ1) is 18.1. The first-order valence-corrected chi connectivity index (χ1v) is 13.3. The Bertz CT molecular complexity index is 1210. The molecular formula is C21H27FN7O7S2+. The molecule has 4 rings (SSSR count). The summed E-state index contributed by atoms with van der Waals surface area (Å²) in [6, 6.07) is -1.20. The number of likely N-dealkylation sites (tertiary alicyclic amines) is 1. The monoisotopic (exact) mass is 572 g/mol. The van der Waals surface area contributed by atoms with Gasteiger partial charge < -0.3 is 35.7 Å². The molecule has 0 aromatic carbocycles. The van der Waals surface area contributed by atoms with Crippen LogP contribution >= 0.6 is 23.3 Å². The second-order valence-electron chi connectivity index (χ2n) is 9.15. The van der Waals surface area contributed by atoms with Crippen molar-refractivity contribution in [1.82, 2.24) is 19.6 Å². The first-order valence-electron chi connectivity index (χ1n) is 11.5. The minimum Gasteiger partial charge on any atom is -0.477 e. The number of nitrogens with one attached hydrogen (secondary N) is 1. The average molecular weight is 573 g/mol. The van der Waals surface area contributed by atoms with Crippen molar-refractivity contribution >= 4 is 51.9 Å². The van der Waals surface area contributed by atoms with E-state index in [4.69, 9.17) is 5.73 Å². The van der Waals surface area contributed by atoms with Crippen molar-refractivity contribution < 1.29 is 43.4 Å². The number of carbonyl (C=O) groups is 3. The number of nitrogens with zero attached hydrogens (tertiary/aromatic N) is 5. The number of nitrogens with two attached hydrogens (primary N) is 1. The van der Waals surface area contributed by atoms with Gasteiger partial charge in [0.25, 0.3) is 18.7 Å². The normalized spacial score (nSPS) is 29.4. The molecule has 1 aromatic heterocycles. The van der Waals surface area contributed by atoms with Crippen LogP contribution in [0.25, 0.3) is 0 Å². The van der Waals surface area contributed by atoms with Crippen LogP contribution in [0, 0.1) is 0 Å². The van der Waals surface area contributed by atoms with Crippen molar-refractivity contribution in [2.24, 2.45) is 5.16 Å². The highest BCUT2D eigenvalue weighted by Crippen LogP contribution is 2.40. The van der Waals surface area contributed by atoms with Gasteiger partial charge in [0.05, 0.1) is 20.2 Å². The number of fused-ring (bicyclic) bond motifs is 1. The Labute approximate surface area is 224 Å². The van der Waals surface area contributed by atoms with Crippen LogP contribution in [0.4, 0.5) is 9.52 Å². The molecule has 2 saturated heterocycles. The number of likely N-dealkylation sites (N-methyl/N-ethyl adjacent to an activating group) is 1. The minimum atomic E-state index is -1.31. The van der Waals surface area contributed by atoms with E-state index in [9.17, 15) is 34.1 Å². The summed E-state index contributed by atoms with van der Waals surface area (Å²) in [5, 5.41) is 34.7. The van der Waals surface area contributed by atoms with E-state index in [1.165, 1.54) is 11.8 Å². The molecule has 4 heterocycles. The van der Waals surface area contributed by atoms with Crippen molar-refractivity contribution in [2.75, 3.05) is 45.1 Å². The summed E-state index contributed by atoms with van der Waals surface area (Å²) in [7, 11) is 1.91.